The number of likely N-dealkylation sites (tertiary alicyclic amines) is 1. The van der Waals surface area contributed by atoms with Gasteiger partial charge in [0.05, 0.1) is 5.92 Å². The first kappa shape index (κ1) is 18.6. The van der Waals surface area contributed by atoms with E-state index in [0.29, 0.717) is 0 Å². The maximum atomic E-state index is 12.5. The normalized spacial score (nSPS) is 17.0. The molecule has 0 bridgehead atoms. The number of hydrogen-bond donors (Lipinski definition) is 2. The summed E-state index contributed by atoms with van der Waals surface area (Å²) in [5.74, 6) is -0.349. The van der Waals surface area contributed by atoms with Crippen LogP contribution in [0.15, 0.2) is 54.6 Å². The predicted octanol–water partition coefficient (Wildman–Crippen LogP) is 3.60. The lowest BCUT2D eigenvalue weighted by Gasteiger charge is -2.20. The summed E-state index contributed by atoms with van der Waals surface area (Å²) >= 11 is 0. The van der Waals surface area contributed by atoms with E-state index in [4.69, 9.17) is 5.73 Å². The molecule has 4 heteroatoms. The average Bonchev–Trinajstić information content (AvgIpc) is 3.20. The van der Waals surface area contributed by atoms with Crippen molar-refractivity contribution >= 4 is 11.6 Å². The summed E-state index contributed by atoms with van der Waals surface area (Å²) in [6.07, 6.45) is 3.71. The summed E-state index contributed by atoms with van der Waals surface area (Å²) in [6, 6.07) is 17.6. The number of amides is 1. The van der Waals surface area contributed by atoms with Crippen LogP contribution < -0.4 is 11.1 Å². The molecule has 2 aromatic carbocycles. The highest BCUT2D eigenvalue weighted by Gasteiger charge is 2.22. The van der Waals surface area contributed by atoms with E-state index in [-0.39, 0.29) is 17.9 Å². The summed E-state index contributed by atoms with van der Waals surface area (Å²) < 4.78 is 0. The summed E-state index contributed by atoms with van der Waals surface area (Å²) in [7, 11) is 0. The van der Waals surface area contributed by atoms with Crippen molar-refractivity contribution in [3.63, 3.8) is 0 Å². The van der Waals surface area contributed by atoms with Gasteiger partial charge < -0.3 is 16.0 Å². The van der Waals surface area contributed by atoms with Gasteiger partial charge in [-0.1, -0.05) is 49.4 Å². The maximum absolute atomic E-state index is 12.5. The van der Waals surface area contributed by atoms with Crippen molar-refractivity contribution in [1.29, 1.82) is 0 Å². The Hall–Kier alpha value is -2.17. The van der Waals surface area contributed by atoms with Crippen LogP contribution in [0.4, 0.5) is 5.69 Å². The molecule has 138 valence electrons. The number of carbonyl (C=O) groups is 1. The lowest BCUT2D eigenvalue weighted by atomic mass is 9.94. The minimum Gasteiger partial charge on any atom is -0.326 e. The van der Waals surface area contributed by atoms with E-state index < -0.39 is 0 Å². The molecule has 26 heavy (non-hydrogen) atoms. The van der Waals surface area contributed by atoms with E-state index in [9.17, 15) is 4.79 Å². The molecule has 0 aromatic heterocycles. The first-order valence-corrected chi connectivity index (χ1v) is 9.56. The van der Waals surface area contributed by atoms with Gasteiger partial charge in [-0.2, -0.15) is 0 Å². The molecule has 0 saturated carbocycles. The van der Waals surface area contributed by atoms with Crippen LogP contribution in [0, 0.1) is 5.92 Å². The highest BCUT2D eigenvalue weighted by atomic mass is 16.1. The van der Waals surface area contributed by atoms with Gasteiger partial charge in [-0.3, -0.25) is 4.79 Å². The molecule has 3 N–H and O–H groups in total. The zero-order valence-electron chi connectivity index (χ0n) is 15.5. The van der Waals surface area contributed by atoms with Gasteiger partial charge in [0, 0.05) is 18.3 Å². The maximum Gasteiger partial charge on any atom is 0.229 e. The van der Waals surface area contributed by atoms with Gasteiger partial charge in [0.25, 0.3) is 0 Å². The second-order valence-corrected chi connectivity index (χ2v) is 7.21. The van der Waals surface area contributed by atoms with Crippen molar-refractivity contribution in [1.82, 2.24) is 4.90 Å². The predicted molar refractivity (Wildman–Crippen MR) is 107 cm³/mol. The molecule has 2 aromatic rings. The van der Waals surface area contributed by atoms with Crippen molar-refractivity contribution < 1.29 is 4.79 Å². The fourth-order valence-corrected chi connectivity index (χ4v) is 3.43. The van der Waals surface area contributed by atoms with Crippen LogP contribution in [0.3, 0.4) is 0 Å². The number of benzene rings is 2. The Kier molecular flexibility index (Phi) is 6.42. The van der Waals surface area contributed by atoms with Gasteiger partial charge in [0.2, 0.25) is 5.91 Å². The Labute approximate surface area is 156 Å². The third-order valence-electron chi connectivity index (χ3n) is 5.27. The Morgan fingerprint density at radius 3 is 2.38 bits per heavy atom. The molecule has 0 aliphatic carbocycles. The monoisotopic (exact) mass is 351 g/mol. The number of nitrogens with two attached hydrogens (primary N) is 1. The van der Waals surface area contributed by atoms with Crippen molar-refractivity contribution in [3.8, 4) is 0 Å². The smallest absolute Gasteiger partial charge is 0.229 e. The first-order chi connectivity index (χ1) is 12.6. The van der Waals surface area contributed by atoms with Gasteiger partial charge in [0.15, 0.2) is 0 Å². The molecule has 2 unspecified atom stereocenters. The number of hydrogen-bond acceptors (Lipinski definition) is 3. The fraction of sp³-hybridized carbons (Fsp3) is 0.409. The second-order valence-electron chi connectivity index (χ2n) is 7.21. The number of anilines is 1. The number of carbonyl (C=O) groups excluding carboxylic acids is 1. The Balaban J connectivity index is 1.52. The van der Waals surface area contributed by atoms with E-state index in [2.05, 4.69) is 22.3 Å². The Bertz CT molecular complexity index is 693. The topological polar surface area (TPSA) is 58.4 Å². The van der Waals surface area contributed by atoms with Crippen LogP contribution in [-0.2, 0) is 11.2 Å². The summed E-state index contributed by atoms with van der Waals surface area (Å²) in [5.41, 5.74) is 9.37. The molecule has 3 rings (SSSR count). The van der Waals surface area contributed by atoms with Crippen LogP contribution in [0.1, 0.15) is 36.9 Å². The van der Waals surface area contributed by atoms with Crippen LogP contribution in [-0.4, -0.2) is 30.4 Å². The molecule has 1 aliphatic rings. The summed E-state index contributed by atoms with van der Waals surface area (Å²) in [5, 5.41) is 2.99. The molecular formula is C22H29N3O. The number of nitrogens with zero attached hydrogens (tertiary/aromatic N) is 1. The highest BCUT2D eigenvalue weighted by Crippen LogP contribution is 2.21. The fourth-order valence-electron chi connectivity index (χ4n) is 3.43. The molecule has 1 saturated heterocycles. The van der Waals surface area contributed by atoms with E-state index in [1.165, 1.54) is 31.5 Å². The molecule has 2 atom stereocenters. The van der Waals surface area contributed by atoms with E-state index >= 15 is 0 Å². The second kappa shape index (κ2) is 8.97. The zero-order valence-corrected chi connectivity index (χ0v) is 15.5. The van der Waals surface area contributed by atoms with Crippen molar-refractivity contribution in [2.45, 2.75) is 32.2 Å². The van der Waals surface area contributed by atoms with Gasteiger partial charge in [-0.25, -0.2) is 0 Å². The minimum atomic E-state index is -0.309. The molecule has 1 amide bonds. The molecule has 1 aliphatic heterocycles. The zero-order chi connectivity index (χ0) is 18.4. The minimum absolute atomic E-state index is 0.0498. The van der Waals surface area contributed by atoms with Gasteiger partial charge in [-0.15, -0.1) is 0 Å². The third-order valence-corrected chi connectivity index (χ3v) is 5.27. The number of nitrogens with one attached hydrogen (secondary N) is 1. The summed E-state index contributed by atoms with van der Waals surface area (Å²) in [4.78, 5) is 15.0. The quantitative estimate of drug-likeness (QED) is 0.801. The van der Waals surface area contributed by atoms with E-state index in [1.807, 2.05) is 49.4 Å². The standard InChI is InChI=1S/C22H29N3O/c1-17(21(23)19-7-3-2-4-8-19)22(26)24-20-11-9-18(10-12-20)13-16-25-14-5-6-15-25/h2-4,7-12,17,21H,5-6,13-16,23H2,1H3,(H,24,26). The molecule has 0 radical (unpaired) electrons. The van der Waals surface area contributed by atoms with E-state index in [0.717, 1.165) is 24.2 Å². The Morgan fingerprint density at radius 2 is 1.73 bits per heavy atom. The average molecular weight is 351 g/mol. The van der Waals surface area contributed by atoms with Crippen LogP contribution >= 0.6 is 0 Å². The van der Waals surface area contributed by atoms with Gasteiger partial charge >= 0.3 is 0 Å². The molecule has 4 nitrogen and oxygen atoms in total. The highest BCUT2D eigenvalue weighted by molar-refractivity contribution is 5.92. The third kappa shape index (κ3) is 4.93. The number of rotatable bonds is 7. The van der Waals surface area contributed by atoms with Crippen LogP contribution in [0.25, 0.3) is 0 Å². The first-order valence-electron chi connectivity index (χ1n) is 9.56. The Morgan fingerprint density at radius 1 is 1.08 bits per heavy atom. The molecule has 1 heterocycles. The molecule has 0 spiro atoms. The molecule has 1 fully saturated rings. The van der Waals surface area contributed by atoms with E-state index in [1.54, 1.807) is 0 Å². The van der Waals surface area contributed by atoms with Crippen molar-refractivity contribution in [2.75, 3.05) is 25.0 Å². The van der Waals surface area contributed by atoms with Gasteiger partial charge in [-0.05, 0) is 55.6 Å². The molecular weight excluding hydrogens is 322 g/mol. The van der Waals surface area contributed by atoms with Gasteiger partial charge in [0.1, 0.15) is 0 Å². The lowest BCUT2D eigenvalue weighted by molar-refractivity contribution is -0.120. The lowest BCUT2D eigenvalue weighted by Crippen LogP contribution is -2.30. The van der Waals surface area contributed by atoms with Crippen molar-refractivity contribution in [3.05, 3.63) is 65.7 Å². The van der Waals surface area contributed by atoms with Crippen molar-refractivity contribution in [2.24, 2.45) is 11.7 Å². The SMILES string of the molecule is CC(C(=O)Nc1ccc(CCN2CCCC2)cc1)C(N)c1ccccc1. The summed E-state index contributed by atoms with van der Waals surface area (Å²) in [6.45, 7) is 5.45. The van der Waals surface area contributed by atoms with Crippen LogP contribution in [0.2, 0.25) is 0 Å². The largest absolute Gasteiger partial charge is 0.326 e. The van der Waals surface area contributed by atoms with Crippen LogP contribution in [0.5, 0.6) is 0 Å².